The number of rotatable bonds is 4. The Kier molecular flexibility index (Phi) is 5.38. The summed E-state index contributed by atoms with van der Waals surface area (Å²) in [4.78, 5) is 38.3. The highest BCUT2D eigenvalue weighted by atomic mass is 19.1. The van der Waals surface area contributed by atoms with Crippen molar-refractivity contribution in [3.63, 3.8) is 0 Å². The highest BCUT2D eigenvalue weighted by Gasteiger charge is 2.33. The van der Waals surface area contributed by atoms with Gasteiger partial charge in [-0.2, -0.15) is 0 Å². The first kappa shape index (κ1) is 22.1. The van der Waals surface area contributed by atoms with E-state index >= 15 is 4.39 Å². The molecule has 0 unspecified atom stereocenters. The van der Waals surface area contributed by atoms with Gasteiger partial charge in [0.25, 0.3) is 5.56 Å². The van der Waals surface area contributed by atoms with Crippen LogP contribution in [0.15, 0.2) is 17.1 Å². The summed E-state index contributed by atoms with van der Waals surface area (Å²) in [7, 11) is 0. The number of hydrogen-bond acceptors (Lipinski definition) is 5. The molecule has 1 aliphatic heterocycles. The topological polar surface area (TPSA) is 100 Å². The molecule has 172 valence electrons. The maximum absolute atomic E-state index is 15.2. The Morgan fingerprint density at radius 1 is 1.25 bits per heavy atom. The first-order valence-corrected chi connectivity index (χ1v) is 10.8. The van der Waals surface area contributed by atoms with Gasteiger partial charge in [0.1, 0.15) is 11.2 Å². The van der Waals surface area contributed by atoms with E-state index in [0.29, 0.717) is 36.3 Å². The van der Waals surface area contributed by atoms with E-state index in [9.17, 15) is 19.5 Å². The lowest BCUT2D eigenvalue weighted by Crippen LogP contribution is -2.40. The fraction of sp³-hybridized carbons (Fsp3) is 0.522. The number of amides is 1. The number of nitrogens with one attached hydrogen (secondary N) is 1. The molecule has 1 atom stereocenters. The van der Waals surface area contributed by atoms with Crippen LogP contribution in [0, 0.1) is 12.7 Å². The number of ether oxygens (including phenoxy) is 1. The number of fused-ring (bicyclic) bond motifs is 1. The standard InChI is InChI=1S/C23H28FN3O5/c1-12-18-15(13-5-6-13)9-16(21(29)30)20(28)27(18)11-17(24)19(12)26-8-7-14(10-26)25-22(31)32-23(2,3)4/h9,11,13-14H,5-8,10H2,1-4H3,(H,25,31)(H,29,30)/t14-/m1/s1. The first-order chi connectivity index (χ1) is 15.0. The number of pyridine rings is 2. The highest BCUT2D eigenvalue weighted by Crippen LogP contribution is 2.44. The Morgan fingerprint density at radius 3 is 2.53 bits per heavy atom. The molecule has 2 fully saturated rings. The number of carboxylic acid groups (broad SMARTS) is 1. The fourth-order valence-electron chi connectivity index (χ4n) is 4.44. The quantitative estimate of drug-likeness (QED) is 0.748. The van der Waals surface area contributed by atoms with Crippen LogP contribution >= 0.6 is 0 Å². The molecule has 2 aliphatic rings. The van der Waals surface area contributed by atoms with E-state index in [0.717, 1.165) is 29.0 Å². The number of nitrogens with zero attached hydrogens (tertiary/aromatic N) is 2. The van der Waals surface area contributed by atoms with Gasteiger partial charge in [-0.3, -0.25) is 9.20 Å². The van der Waals surface area contributed by atoms with Gasteiger partial charge in [-0.25, -0.2) is 14.0 Å². The normalized spacial score (nSPS) is 18.8. The zero-order chi connectivity index (χ0) is 23.4. The lowest BCUT2D eigenvalue weighted by atomic mass is 10.0. The SMILES string of the molecule is Cc1c(N2CC[C@@H](NC(=O)OC(C)(C)C)C2)c(F)cn2c(=O)c(C(=O)O)cc(C3CC3)c12. The number of halogens is 1. The number of aryl methyl sites for hydroxylation is 1. The summed E-state index contributed by atoms with van der Waals surface area (Å²) in [6, 6.07) is 1.25. The number of aromatic nitrogens is 1. The van der Waals surface area contributed by atoms with Crippen LogP contribution in [0.2, 0.25) is 0 Å². The van der Waals surface area contributed by atoms with Crippen LogP contribution in [0.5, 0.6) is 0 Å². The van der Waals surface area contributed by atoms with Crippen LogP contribution in [0.4, 0.5) is 14.9 Å². The van der Waals surface area contributed by atoms with E-state index < -0.39 is 29.0 Å². The smallest absolute Gasteiger partial charge is 0.407 e. The van der Waals surface area contributed by atoms with Crippen LogP contribution in [0.3, 0.4) is 0 Å². The Balaban J connectivity index is 1.69. The predicted molar refractivity (Wildman–Crippen MR) is 117 cm³/mol. The zero-order valence-electron chi connectivity index (χ0n) is 18.7. The molecule has 32 heavy (non-hydrogen) atoms. The average Bonchev–Trinajstić information content (AvgIpc) is 3.41. The van der Waals surface area contributed by atoms with Gasteiger partial charge >= 0.3 is 12.1 Å². The minimum atomic E-state index is -1.32. The largest absolute Gasteiger partial charge is 0.477 e. The van der Waals surface area contributed by atoms with Gasteiger partial charge in [0.2, 0.25) is 0 Å². The van der Waals surface area contributed by atoms with Crippen molar-refractivity contribution in [3.8, 4) is 0 Å². The molecule has 0 bridgehead atoms. The Labute approximate surface area is 185 Å². The summed E-state index contributed by atoms with van der Waals surface area (Å²) in [5.41, 5.74) is 0.618. The second-order valence-electron chi connectivity index (χ2n) is 9.65. The lowest BCUT2D eigenvalue weighted by Gasteiger charge is -2.25. The molecule has 0 radical (unpaired) electrons. The van der Waals surface area contributed by atoms with E-state index in [-0.39, 0.29) is 17.5 Å². The molecule has 1 saturated carbocycles. The third-order valence-corrected chi connectivity index (χ3v) is 5.92. The average molecular weight is 445 g/mol. The van der Waals surface area contributed by atoms with Crippen molar-refractivity contribution in [2.24, 2.45) is 0 Å². The van der Waals surface area contributed by atoms with E-state index in [1.807, 2.05) is 4.90 Å². The minimum absolute atomic E-state index is 0.167. The number of carboxylic acids is 1. The van der Waals surface area contributed by atoms with Gasteiger partial charge in [-0.1, -0.05) is 0 Å². The van der Waals surface area contributed by atoms with Crippen molar-refractivity contribution in [1.29, 1.82) is 0 Å². The molecular weight excluding hydrogens is 417 g/mol. The van der Waals surface area contributed by atoms with Gasteiger partial charge < -0.3 is 20.1 Å². The molecule has 2 aromatic heterocycles. The molecule has 2 N–H and O–H groups in total. The monoisotopic (exact) mass is 445 g/mol. The number of alkyl carbamates (subject to hydrolysis) is 1. The molecule has 9 heteroatoms. The molecule has 0 aromatic carbocycles. The van der Waals surface area contributed by atoms with Crippen LogP contribution in [-0.4, -0.2) is 46.3 Å². The van der Waals surface area contributed by atoms with Crippen LogP contribution in [0.1, 0.15) is 67.4 Å². The Bertz CT molecular complexity index is 1160. The third kappa shape index (κ3) is 4.16. The maximum atomic E-state index is 15.2. The third-order valence-electron chi connectivity index (χ3n) is 5.92. The van der Waals surface area contributed by atoms with Crippen molar-refractivity contribution in [2.75, 3.05) is 18.0 Å². The van der Waals surface area contributed by atoms with Crippen molar-refractivity contribution < 1.29 is 23.8 Å². The Hall–Kier alpha value is -3.10. The first-order valence-electron chi connectivity index (χ1n) is 10.8. The molecule has 1 aliphatic carbocycles. The fourth-order valence-corrected chi connectivity index (χ4v) is 4.44. The van der Waals surface area contributed by atoms with Crippen molar-refractivity contribution >= 4 is 23.3 Å². The van der Waals surface area contributed by atoms with Gasteiger partial charge in [-0.15, -0.1) is 0 Å². The number of carbonyl (C=O) groups excluding carboxylic acids is 1. The van der Waals surface area contributed by atoms with Gasteiger partial charge in [0.05, 0.1) is 23.4 Å². The molecule has 8 nitrogen and oxygen atoms in total. The lowest BCUT2D eigenvalue weighted by molar-refractivity contribution is 0.0508. The van der Waals surface area contributed by atoms with Gasteiger partial charge in [0.15, 0.2) is 5.82 Å². The zero-order valence-corrected chi connectivity index (χ0v) is 18.7. The second kappa shape index (κ2) is 7.79. The van der Waals surface area contributed by atoms with E-state index in [1.54, 1.807) is 27.7 Å². The summed E-state index contributed by atoms with van der Waals surface area (Å²) in [6.07, 6.45) is 3.02. The molecule has 3 heterocycles. The summed E-state index contributed by atoms with van der Waals surface area (Å²) >= 11 is 0. The highest BCUT2D eigenvalue weighted by molar-refractivity contribution is 5.89. The summed E-state index contributed by atoms with van der Waals surface area (Å²) < 4.78 is 21.7. The molecular formula is C23H28FN3O5. The van der Waals surface area contributed by atoms with E-state index in [2.05, 4.69) is 5.32 Å². The van der Waals surface area contributed by atoms with Crippen LogP contribution < -0.4 is 15.8 Å². The number of aromatic carboxylic acids is 1. The van der Waals surface area contributed by atoms with Crippen molar-refractivity contribution in [1.82, 2.24) is 9.72 Å². The number of carbonyl (C=O) groups is 2. The Morgan fingerprint density at radius 2 is 1.94 bits per heavy atom. The maximum Gasteiger partial charge on any atom is 0.407 e. The van der Waals surface area contributed by atoms with Crippen LogP contribution in [0.25, 0.3) is 5.52 Å². The van der Waals surface area contributed by atoms with E-state index in [1.165, 1.54) is 6.07 Å². The second-order valence-corrected chi connectivity index (χ2v) is 9.65. The predicted octanol–water partition coefficient (Wildman–Crippen LogP) is 3.43. The summed E-state index contributed by atoms with van der Waals surface area (Å²) in [5.74, 6) is -1.75. The van der Waals surface area contributed by atoms with Crippen LogP contribution in [-0.2, 0) is 4.74 Å². The number of hydrogen-bond donors (Lipinski definition) is 2. The number of anilines is 1. The summed E-state index contributed by atoms with van der Waals surface area (Å²) in [6.45, 7) is 8.06. The van der Waals surface area contributed by atoms with Gasteiger partial charge in [0, 0.05) is 13.1 Å². The molecule has 1 amide bonds. The molecule has 1 saturated heterocycles. The molecule has 2 aromatic rings. The van der Waals surface area contributed by atoms with E-state index in [4.69, 9.17) is 4.74 Å². The van der Waals surface area contributed by atoms with Crippen molar-refractivity contribution in [2.45, 2.75) is 64.5 Å². The molecule has 0 spiro atoms. The minimum Gasteiger partial charge on any atom is -0.477 e. The summed E-state index contributed by atoms with van der Waals surface area (Å²) in [5, 5.41) is 12.3. The molecule has 4 rings (SSSR count). The van der Waals surface area contributed by atoms with Gasteiger partial charge in [-0.05, 0) is 70.1 Å². The van der Waals surface area contributed by atoms with Crippen molar-refractivity contribution in [3.05, 3.63) is 45.1 Å².